The van der Waals surface area contributed by atoms with Gasteiger partial charge in [-0.2, -0.15) is 13.2 Å². The minimum Gasteiger partial charge on any atom is -0.443 e. The van der Waals surface area contributed by atoms with Gasteiger partial charge in [-0.05, 0) is 26.3 Å². The molecular weight excluding hydrogens is 365 g/mol. The number of nitrogens with two attached hydrogens (primary N) is 1. The van der Waals surface area contributed by atoms with E-state index >= 15 is 0 Å². The van der Waals surface area contributed by atoms with Gasteiger partial charge < -0.3 is 15.5 Å². The molecule has 1 aliphatic rings. The summed E-state index contributed by atoms with van der Waals surface area (Å²) < 4.78 is 42.9. The molecule has 3 rings (SSSR count). The van der Waals surface area contributed by atoms with Crippen LogP contribution >= 0.6 is 0 Å². The van der Waals surface area contributed by atoms with Crippen molar-refractivity contribution >= 4 is 11.7 Å². The molecule has 2 aromatic heterocycles. The van der Waals surface area contributed by atoms with E-state index in [1.165, 1.54) is 17.4 Å². The minimum absolute atomic E-state index is 0.0734. The van der Waals surface area contributed by atoms with Crippen molar-refractivity contribution in [2.75, 3.05) is 25.4 Å². The summed E-state index contributed by atoms with van der Waals surface area (Å²) in [5.74, 6) is -0.441. The smallest absolute Gasteiger partial charge is 0.401 e. The quantitative estimate of drug-likeness (QED) is 0.827. The highest BCUT2D eigenvalue weighted by Gasteiger charge is 2.33. The van der Waals surface area contributed by atoms with Gasteiger partial charge in [-0.1, -0.05) is 0 Å². The van der Waals surface area contributed by atoms with Gasteiger partial charge in [-0.15, -0.1) is 0 Å². The Bertz CT molecular complexity index is 809. The van der Waals surface area contributed by atoms with Crippen LogP contribution in [-0.4, -0.2) is 57.6 Å². The number of oxazole rings is 1. The SMILES string of the molecule is Cc1nc(C(=O)NC2CCCN(CC(F)(F)F)C2)c(N)nc1-c1ncco1. The molecule has 2 aromatic rings. The van der Waals surface area contributed by atoms with E-state index in [9.17, 15) is 18.0 Å². The van der Waals surface area contributed by atoms with Crippen molar-refractivity contribution in [2.45, 2.75) is 32.0 Å². The summed E-state index contributed by atoms with van der Waals surface area (Å²) in [4.78, 5) is 26.1. The second kappa shape index (κ2) is 7.51. The van der Waals surface area contributed by atoms with Gasteiger partial charge >= 0.3 is 6.18 Å². The number of carbonyl (C=O) groups excluding carboxylic acids is 1. The lowest BCUT2D eigenvalue weighted by molar-refractivity contribution is -0.148. The van der Waals surface area contributed by atoms with Crippen LogP contribution in [0.2, 0.25) is 0 Å². The first-order chi connectivity index (χ1) is 12.7. The second-order valence-electron chi connectivity index (χ2n) is 6.39. The molecule has 1 saturated heterocycles. The number of nitrogen functional groups attached to an aromatic ring is 1. The normalized spacial score (nSPS) is 18.4. The highest BCUT2D eigenvalue weighted by atomic mass is 19.4. The molecule has 27 heavy (non-hydrogen) atoms. The van der Waals surface area contributed by atoms with E-state index in [1.807, 2.05) is 0 Å². The van der Waals surface area contributed by atoms with Crippen LogP contribution in [-0.2, 0) is 0 Å². The van der Waals surface area contributed by atoms with Gasteiger partial charge in [0.05, 0.1) is 18.4 Å². The fourth-order valence-corrected chi connectivity index (χ4v) is 3.07. The summed E-state index contributed by atoms with van der Waals surface area (Å²) in [7, 11) is 0. The molecule has 1 amide bonds. The number of nitrogens with zero attached hydrogens (tertiary/aromatic N) is 4. The van der Waals surface area contributed by atoms with Crippen molar-refractivity contribution in [1.82, 2.24) is 25.2 Å². The van der Waals surface area contributed by atoms with E-state index in [2.05, 4.69) is 20.3 Å². The fraction of sp³-hybridized carbons (Fsp3) is 0.500. The number of aryl methyl sites for hydroxylation is 1. The third kappa shape index (κ3) is 4.73. The van der Waals surface area contributed by atoms with Crippen LogP contribution in [0.25, 0.3) is 11.6 Å². The second-order valence-corrected chi connectivity index (χ2v) is 6.39. The number of alkyl halides is 3. The molecule has 146 valence electrons. The maximum atomic E-state index is 12.6. The Kier molecular flexibility index (Phi) is 5.31. The van der Waals surface area contributed by atoms with Gasteiger partial charge in [0.25, 0.3) is 5.91 Å². The predicted molar refractivity (Wildman–Crippen MR) is 89.7 cm³/mol. The third-order valence-corrected chi connectivity index (χ3v) is 4.19. The molecule has 1 unspecified atom stereocenters. The predicted octanol–water partition coefficient (Wildman–Crippen LogP) is 1.78. The monoisotopic (exact) mass is 384 g/mol. The summed E-state index contributed by atoms with van der Waals surface area (Å²) in [5.41, 5.74) is 6.50. The molecule has 0 bridgehead atoms. The van der Waals surface area contributed by atoms with E-state index in [0.29, 0.717) is 30.8 Å². The summed E-state index contributed by atoms with van der Waals surface area (Å²) in [6.45, 7) is 1.10. The van der Waals surface area contributed by atoms with Crippen molar-refractivity contribution in [3.05, 3.63) is 23.8 Å². The van der Waals surface area contributed by atoms with Gasteiger partial charge in [-0.25, -0.2) is 15.0 Å². The Morgan fingerprint density at radius 2 is 2.22 bits per heavy atom. The van der Waals surface area contributed by atoms with Gasteiger partial charge in [0.15, 0.2) is 11.5 Å². The lowest BCUT2D eigenvalue weighted by Crippen LogP contribution is -2.50. The molecular formula is C16H19F3N6O2. The van der Waals surface area contributed by atoms with Crippen LogP contribution in [0.1, 0.15) is 29.0 Å². The molecule has 3 heterocycles. The van der Waals surface area contributed by atoms with Gasteiger partial charge in [0, 0.05) is 12.6 Å². The van der Waals surface area contributed by atoms with Gasteiger partial charge in [-0.3, -0.25) is 9.69 Å². The fourth-order valence-electron chi connectivity index (χ4n) is 3.07. The molecule has 8 nitrogen and oxygen atoms in total. The van der Waals surface area contributed by atoms with E-state index in [-0.39, 0.29) is 23.9 Å². The van der Waals surface area contributed by atoms with E-state index in [0.717, 1.165) is 0 Å². The van der Waals surface area contributed by atoms with Crippen molar-refractivity contribution in [3.8, 4) is 11.6 Å². The number of rotatable bonds is 4. The Morgan fingerprint density at radius 3 is 2.89 bits per heavy atom. The number of likely N-dealkylation sites (tertiary alicyclic amines) is 1. The zero-order valence-electron chi connectivity index (χ0n) is 14.6. The van der Waals surface area contributed by atoms with Crippen molar-refractivity contribution in [1.29, 1.82) is 0 Å². The first-order valence-electron chi connectivity index (χ1n) is 8.37. The lowest BCUT2D eigenvalue weighted by Gasteiger charge is -2.33. The number of carbonyl (C=O) groups is 1. The highest BCUT2D eigenvalue weighted by molar-refractivity contribution is 5.96. The Labute approximate surface area is 153 Å². The maximum absolute atomic E-state index is 12.6. The van der Waals surface area contributed by atoms with Crippen LogP contribution in [0.15, 0.2) is 16.9 Å². The largest absolute Gasteiger partial charge is 0.443 e. The zero-order chi connectivity index (χ0) is 19.6. The Morgan fingerprint density at radius 1 is 1.44 bits per heavy atom. The Hall–Kier alpha value is -2.69. The minimum atomic E-state index is -4.27. The number of amides is 1. The average Bonchev–Trinajstić information content (AvgIpc) is 3.09. The molecule has 11 heteroatoms. The number of piperidine rings is 1. The summed E-state index contributed by atoms with van der Waals surface area (Å²) in [5, 5.41) is 2.70. The van der Waals surface area contributed by atoms with Crippen molar-refractivity contribution in [2.24, 2.45) is 0 Å². The molecule has 0 spiro atoms. The standard InChI is InChI=1S/C16H19F3N6O2/c1-9-11(15-21-4-6-27-15)24-13(20)12(22-9)14(26)23-10-3-2-5-25(7-10)8-16(17,18)19/h4,6,10H,2-3,5,7-8H2,1H3,(H2,20,24)(H,23,26). The van der Waals surface area contributed by atoms with Crippen LogP contribution in [0.5, 0.6) is 0 Å². The number of hydrogen-bond acceptors (Lipinski definition) is 7. The lowest BCUT2D eigenvalue weighted by atomic mass is 10.1. The number of anilines is 1. The molecule has 1 aliphatic heterocycles. The van der Waals surface area contributed by atoms with Crippen LogP contribution in [0.3, 0.4) is 0 Å². The van der Waals surface area contributed by atoms with Crippen molar-refractivity contribution in [3.63, 3.8) is 0 Å². The number of hydrogen-bond donors (Lipinski definition) is 2. The average molecular weight is 384 g/mol. The van der Waals surface area contributed by atoms with Crippen LogP contribution in [0.4, 0.5) is 19.0 Å². The molecule has 0 radical (unpaired) electrons. The summed E-state index contributed by atoms with van der Waals surface area (Å²) in [6.07, 6.45) is -0.300. The zero-order valence-corrected chi connectivity index (χ0v) is 14.6. The van der Waals surface area contributed by atoms with E-state index in [4.69, 9.17) is 10.2 Å². The van der Waals surface area contributed by atoms with Crippen LogP contribution in [0, 0.1) is 6.92 Å². The molecule has 1 fully saturated rings. The molecule has 0 aromatic carbocycles. The molecule has 0 aliphatic carbocycles. The topological polar surface area (TPSA) is 110 Å². The third-order valence-electron chi connectivity index (χ3n) is 4.19. The highest BCUT2D eigenvalue weighted by Crippen LogP contribution is 2.22. The number of halogens is 3. The van der Waals surface area contributed by atoms with E-state index < -0.39 is 24.7 Å². The Balaban J connectivity index is 1.70. The van der Waals surface area contributed by atoms with Gasteiger partial charge in [0.2, 0.25) is 5.89 Å². The van der Waals surface area contributed by atoms with Crippen LogP contribution < -0.4 is 11.1 Å². The summed E-state index contributed by atoms with van der Waals surface area (Å²) in [6, 6.07) is -0.415. The number of nitrogens with one attached hydrogen (secondary N) is 1. The number of aromatic nitrogens is 3. The summed E-state index contributed by atoms with van der Waals surface area (Å²) >= 11 is 0. The molecule has 0 saturated carbocycles. The maximum Gasteiger partial charge on any atom is 0.401 e. The van der Waals surface area contributed by atoms with Crippen molar-refractivity contribution < 1.29 is 22.4 Å². The molecule has 3 N–H and O–H groups in total. The van der Waals surface area contributed by atoms with E-state index in [1.54, 1.807) is 6.92 Å². The first-order valence-corrected chi connectivity index (χ1v) is 8.37. The molecule has 1 atom stereocenters. The van der Waals surface area contributed by atoms with Gasteiger partial charge in [0.1, 0.15) is 12.0 Å². The first kappa shape index (κ1) is 19.1.